The smallest absolute Gasteiger partial charge is 0.264 e. The highest BCUT2D eigenvalue weighted by atomic mass is 35.5. The van der Waals surface area contributed by atoms with E-state index in [0.29, 0.717) is 11.6 Å². The Balaban J connectivity index is 1.86. The molecule has 0 spiro atoms. The second-order valence-electron chi connectivity index (χ2n) is 6.81. The van der Waals surface area contributed by atoms with E-state index in [0.717, 1.165) is 30.0 Å². The van der Waals surface area contributed by atoms with E-state index in [1.807, 2.05) is 0 Å². The summed E-state index contributed by atoms with van der Waals surface area (Å²) in [7, 11) is -4.00. The summed E-state index contributed by atoms with van der Waals surface area (Å²) in [6, 6.07) is 12.4. The van der Waals surface area contributed by atoms with Gasteiger partial charge in [-0.05, 0) is 56.0 Å². The fraction of sp³-hybridized carbons (Fsp3) is 0.286. The number of carbonyl (C=O) groups excluding carboxylic acids is 1. The monoisotopic (exact) mass is 452 g/mol. The van der Waals surface area contributed by atoms with Crippen LogP contribution in [-0.4, -0.2) is 27.4 Å². The first-order valence-electron chi connectivity index (χ1n) is 9.35. The predicted molar refractivity (Wildman–Crippen MR) is 117 cm³/mol. The van der Waals surface area contributed by atoms with E-state index in [-0.39, 0.29) is 22.2 Å². The minimum absolute atomic E-state index is 0.0776. The van der Waals surface area contributed by atoms with Crippen LogP contribution in [0.15, 0.2) is 65.1 Å². The molecule has 0 saturated carbocycles. The quantitative estimate of drug-likeness (QED) is 0.613. The number of hydrogen-bond acceptors (Lipinski definition) is 3. The molecule has 2 aromatic carbocycles. The molecule has 0 aromatic heterocycles. The van der Waals surface area contributed by atoms with Gasteiger partial charge in [0.25, 0.3) is 10.0 Å². The van der Waals surface area contributed by atoms with Crippen molar-refractivity contribution in [3.63, 3.8) is 0 Å². The average Bonchev–Trinajstić information content (AvgIpc) is 2.72. The minimum Gasteiger partial charge on any atom is -0.351 e. The van der Waals surface area contributed by atoms with Crippen molar-refractivity contribution in [3.05, 3.63) is 70.2 Å². The van der Waals surface area contributed by atoms with Gasteiger partial charge in [-0.25, -0.2) is 8.42 Å². The number of carbonyl (C=O) groups is 1. The second-order valence-corrected chi connectivity index (χ2v) is 9.51. The van der Waals surface area contributed by atoms with Crippen molar-refractivity contribution in [2.45, 2.75) is 30.6 Å². The average molecular weight is 453 g/mol. The lowest BCUT2D eigenvalue weighted by atomic mass is 10.00. The van der Waals surface area contributed by atoms with Crippen LogP contribution >= 0.6 is 23.2 Å². The van der Waals surface area contributed by atoms with Crippen molar-refractivity contribution in [1.29, 1.82) is 0 Å². The normalized spacial score (nSPS) is 14.2. The maximum Gasteiger partial charge on any atom is 0.264 e. The Hall–Kier alpha value is -2.02. The number of benzene rings is 2. The van der Waals surface area contributed by atoms with E-state index >= 15 is 0 Å². The molecule has 0 bridgehead atoms. The van der Waals surface area contributed by atoms with E-state index < -0.39 is 15.9 Å². The fourth-order valence-electron chi connectivity index (χ4n) is 3.17. The second kappa shape index (κ2) is 9.65. The van der Waals surface area contributed by atoms with E-state index in [1.54, 1.807) is 24.3 Å². The third-order valence-electron chi connectivity index (χ3n) is 4.69. The number of sulfonamides is 1. The first kappa shape index (κ1) is 21.7. The van der Waals surface area contributed by atoms with E-state index in [1.165, 1.54) is 29.8 Å². The van der Waals surface area contributed by atoms with Crippen molar-refractivity contribution >= 4 is 44.8 Å². The van der Waals surface area contributed by atoms with Gasteiger partial charge in [0.1, 0.15) is 6.54 Å². The van der Waals surface area contributed by atoms with Gasteiger partial charge in [-0.2, -0.15) is 0 Å². The Bertz CT molecular complexity index is 1010. The first-order valence-corrected chi connectivity index (χ1v) is 11.5. The van der Waals surface area contributed by atoms with Gasteiger partial charge in [0.05, 0.1) is 15.6 Å². The SMILES string of the molecule is O=C(CN(c1ccc(Cl)cc1Cl)S(=O)(=O)c1ccccc1)NCC1=CCCCC1. The summed E-state index contributed by atoms with van der Waals surface area (Å²) in [6.45, 7) is 0.0399. The van der Waals surface area contributed by atoms with Gasteiger partial charge in [0.2, 0.25) is 5.91 Å². The number of hydrogen-bond donors (Lipinski definition) is 1. The van der Waals surface area contributed by atoms with Crippen molar-refractivity contribution in [2.24, 2.45) is 0 Å². The zero-order valence-electron chi connectivity index (χ0n) is 15.8. The number of nitrogens with zero attached hydrogens (tertiary/aromatic N) is 1. The molecule has 0 heterocycles. The van der Waals surface area contributed by atoms with Crippen molar-refractivity contribution in [1.82, 2.24) is 5.32 Å². The number of nitrogens with one attached hydrogen (secondary N) is 1. The predicted octanol–water partition coefficient (Wildman–Crippen LogP) is 4.81. The van der Waals surface area contributed by atoms with Crippen LogP contribution in [-0.2, 0) is 14.8 Å². The molecule has 1 aliphatic carbocycles. The summed E-state index contributed by atoms with van der Waals surface area (Å²) in [4.78, 5) is 12.7. The molecule has 0 atom stereocenters. The van der Waals surface area contributed by atoms with E-state index in [9.17, 15) is 13.2 Å². The topological polar surface area (TPSA) is 66.5 Å². The molecule has 5 nitrogen and oxygen atoms in total. The Morgan fingerprint density at radius 2 is 1.83 bits per heavy atom. The molecule has 1 N–H and O–H groups in total. The molecule has 1 aliphatic rings. The van der Waals surface area contributed by atoms with E-state index in [2.05, 4.69) is 11.4 Å². The lowest BCUT2D eigenvalue weighted by Gasteiger charge is -2.25. The molecule has 0 radical (unpaired) electrons. The molecule has 3 rings (SSSR count). The first-order chi connectivity index (χ1) is 13.9. The number of halogens is 2. The summed E-state index contributed by atoms with van der Waals surface area (Å²) in [5.74, 6) is -0.401. The van der Waals surface area contributed by atoms with Crippen LogP contribution in [0.25, 0.3) is 0 Å². The summed E-state index contributed by atoms with van der Waals surface area (Å²) in [5.41, 5.74) is 1.37. The van der Waals surface area contributed by atoms with Crippen molar-refractivity contribution < 1.29 is 13.2 Å². The van der Waals surface area contributed by atoms with Gasteiger partial charge < -0.3 is 5.32 Å². The molecule has 0 aliphatic heterocycles. The number of anilines is 1. The highest BCUT2D eigenvalue weighted by Crippen LogP contribution is 2.32. The van der Waals surface area contributed by atoms with Crippen LogP contribution in [0.4, 0.5) is 5.69 Å². The molecule has 1 amide bonds. The summed E-state index contributed by atoms with van der Waals surface area (Å²) < 4.78 is 27.5. The van der Waals surface area contributed by atoms with Gasteiger partial charge in [-0.15, -0.1) is 0 Å². The maximum absolute atomic E-state index is 13.3. The largest absolute Gasteiger partial charge is 0.351 e. The molecule has 8 heteroatoms. The molecular formula is C21H22Cl2N2O3S. The molecule has 0 saturated heterocycles. The maximum atomic E-state index is 13.3. The Morgan fingerprint density at radius 3 is 2.48 bits per heavy atom. The lowest BCUT2D eigenvalue weighted by Crippen LogP contribution is -2.41. The molecular weight excluding hydrogens is 431 g/mol. The zero-order valence-corrected chi connectivity index (χ0v) is 18.1. The van der Waals surface area contributed by atoms with Crippen LogP contribution < -0.4 is 9.62 Å². The van der Waals surface area contributed by atoms with Gasteiger partial charge >= 0.3 is 0 Å². The third-order valence-corrected chi connectivity index (χ3v) is 7.01. The summed E-state index contributed by atoms with van der Waals surface area (Å²) in [5, 5.41) is 3.36. The zero-order chi connectivity index (χ0) is 20.9. The molecule has 29 heavy (non-hydrogen) atoms. The molecule has 0 fully saturated rings. The van der Waals surface area contributed by atoms with Crippen molar-refractivity contribution in [2.75, 3.05) is 17.4 Å². The van der Waals surface area contributed by atoms with Crippen LogP contribution in [0.2, 0.25) is 10.0 Å². The van der Waals surface area contributed by atoms with Gasteiger partial charge in [0.15, 0.2) is 0 Å². The highest BCUT2D eigenvalue weighted by Gasteiger charge is 2.28. The molecule has 154 valence electrons. The Labute approximate surface area is 181 Å². The van der Waals surface area contributed by atoms with Crippen molar-refractivity contribution in [3.8, 4) is 0 Å². The number of allylic oxidation sites excluding steroid dienone is 1. The van der Waals surface area contributed by atoms with Crippen LogP contribution in [0.1, 0.15) is 25.7 Å². The van der Waals surface area contributed by atoms with Gasteiger partial charge in [0, 0.05) is 11.6 Å². The van der Waals surface area contributed by atoms with E-state index in [4.69, 9.17) is 23.2 Å². The molecule has 0 unspecified atom stereocenters. The summed E-state index contributed by atoms with van der Waals surface area (Å²) in [6.07, 6.45) is 6.37. The lowest BCUT2D eigenvalue weighted by molar-refractivity contribution is -0.119. The minimum atomic E-state index is -4.00. The standard InChI is InChI=1S/C21H22Cl2N2O3S/c22-17-11-12-20(19(23)13-17)25(29(27,28)18-9-5-2-6-10-18)15-21(26)24-14-16-7-3-1-4-8-16/h2,5-7,9-13H,1,3-4,8,14-15H2,(H,24,26). The Morgan fingerprint density at radius 1 is 1.07 bits per heavy atom. The highest BCUT2D eigenvalue weighted by molar-refractivity contribution is 7.92. The number of amides is 1. The van der Waals surface area contributed by atoms with Crippen LogP contribution in [0.5, 0.6) is 0 Å². The summed E-state index contributed by atoms with van der Waals surface area (Å²) >= 11 is 12.2. The fourth-order valence-corrected chi connectivity index (χ4v) is 5.19. The van der Waals surface area contributed by atoms with Gasteiger partial charge in [-0.1, -0.05) is 53.1 Å². The third kappa shape index (κ3) is 5.53. The van der Waals surface area contributed by atoms with Crippen LogP contribution in [0.3, 0.4) is 0 Å². The van der Waals surface area contributed by atoms with Gasteiger partial charge in [-0.3, -0.25) is 9.10 Å². The molecule has 2 aromatic rings. The number of rotatable bonds is 7. The Kier molecular flexibility index (Phi) is 7.22. The van der Waals surface area contributed by atoms with Crippen LogP contribution in [0, 0.1) is 0 Å².